The van der Waals surface area contributed by atoms with Gasteiger partial charge in [-0.1, -0.05) is 267 Å². The summed E-state index contributed by atoms with van der Waals surface area (Å²) in [6, 6.07) is -0.858. The van der Waals surface area contributed by atoms with Crippen molar-refractivity contribution in [3.8, 4) is 0 Å². The van der Waals surface area contributed by atoms with Crippen LogP contribution < -0.4 is 5.32 Å². The Hall–Kier alpha value is -2.81. The molecule has 3 atom stereocenters. The number of rotatable bonds is 61. The van der Waals surface area contributed by atoms with E-state index in [-0.39, 0.29) is 31.5 Å². The Morgan fingerprint density at radius 2 is 0.753 bits per heavy atom. The Morgan fingerprint density at radius 3 is 1.15 bits per heavy atom. The molecule has 81 heavy (non-hydrogen) atoms. The molecule has 0 saturated heterocycles. The molecule has 0 aliphatic heterocycles. The van der Waals surface area contributed by atoms with Gasteiger partial charge in [0.1, 0.15) is 19.3 Å². The largest absolute Gasteiger partial charge is 0.472 e. The number of phosphoric ester groups is 1. The van der Waals surface area contributed by atoms with Crippen molar-refractivity contribution < 1.29 is 37.3 Å². The molecule has 0 aliphatic carbocycles. The van der Waals surface area contributed by atoms with Gasteiger partial charge in [-0.05, 0) is 109 Å². The quantitative estimate of drug-likeness (QED) is 0.0205. The second-order valence-electron chi connectivity index (χ2n) is 24.0. The fraction of sp³-hybridized carbons (Fsp3) is 0.775. The number of phosphoric acid groups is 1. The zero-order valence-corrected chi connectivity index (χ0v) is 54.7. The van der Waals surface area contributed by atoms with E-state index in [9.17, 15) is 19.0 Å². The second-order valence-corrected chi connectivity index (χ2v) is 25.4. The van der Waals surface area contributed by atoms with Crippen LogP contribution in [0.15, 0.2) is 85.1 Å². The first-order valence-corrected chi connectivity index (χ1v) is 35.4. The van der Waals surface area contributed by atoms with Crippen molar-refractivity contribution in [2.24, 2.45) is 0 Å². The number of nitrogens with one attached hydrogen (secondary N) is 1. The molecule has 0 spiro atoms. The van der Waals surface area contributed by atoms with Crippen LogP contribution in [0.3, 0.4) is 0 Å². The highest BCUT2D eigenvalue weighted by Gasteiger charge is 2.30. The minimum Gasteiger partial charge on any atom is -0.456 e. The molecular weight excluding hydrogens is 1020 g/mol. The van der Waals surface area contributed by atoms with Crippen LogP contribution in [0.1, 0.15) is 303 Å². The summed E-state index contributed by atoms with van der Waals surface area (Å²) in [6.07, 6.45) is 80.1. The summed E-state index contributed by atoms with van der Waals surface area (Å²) in [5.41, 5.74) is 0. The van der Waals surface area contributed by atoms with Crippen molar-refractivity contribution in [3.63, 3.8) is 0 Å². The summed E-state index contributed by atoms with van der Waals surface area (Å²) >= 11 is 0. The van der Waals surface area contributed by atoms with Crippen molar-refractivity contribution in [1.29, 1.82) is 0 Å². The standard InChI is InChI=1S/C71H129N2O7P/c1-7-10-13-16-19-22-25-27-29-31-33-35-36-38-40-42-44-46-49-52-55-58-61-64-71(75)80-69(62-59-56-53-50-47-24-21-18-15-12-9-3)68(67-79-81(76,77)78-66-65-73(4,5)6)72-70(74)63-60-57-54-51-48-45-43-41-39-37-34-32-30-28-26-23-20-17-14-11-8-2/h19-20,22-23,27-30,33-35,37,59,62,68-69H,7-18,21,24-26,31-32,36,38-58,60-61,63-67H2,1-6H3,(H-,72,74,76,77)/p+1/b22-19-,23-20-,29-27-,30-28-,35-33-,37-34-,62-59+. The number of quaternary nitrogens is 1. The number of nitrogens with zero attached hydrogens (tertiary/aromatic N) is 1. The van der Waals surface area contributed by atoms with E-state index in [1.165, 1.54) is 173 Å². The van der Waals surface area contributed by atoms with E-state index < -0.39 is 20.0 Å². The van der Waals surface area contributed by atoms with Crippen LogP contribution in [0.2, 0.25) is 0 Å². The molecule has 2 N–H and O–H groups in total. The van der Waals surface area contributed by atoms with E-state index in [0.717, 1.165) is 96.3 Å². The third-order valence-corrected chi connectivity index (χ3v) is 15.8. The summed E-state index contributed by atoms with van der Waals surface area (Å²) in [6.45, 7) is 6.96. The lowest BCUT2D eigenvalue weighted by Crippen LogP contribution is -2.47. The fourth-order valence-electron chi connectivity index (χ4n) is 9.54. The zero-order valence-electron chi connectivity index (χ0n) is 53.8. The number of hydrogen-bond acceptors (Lipinski definition) is 6. The van der Waals surface area contributed by atoms with Crippen molar-refractivity contribution in [3.05, 3.63) is 85.1 Å². The van der Waals surface area contributed by atoms with E-state index in [0.29, 0.717) is 17.4 Å². The topological polar surface area (TPSA) is 111 Å². The predicted octanol–water partition coefficient (Wildman–Crippen LogP) is 21.3. The normalized spacial score (nSPS) is 14.1. The molecular formula is C71H130N2O7P+. The van der Waals surface area contributed by atoms with E-state index in [2.05, 4.69) is 99.0 Å². The molecule has 0 radical (unpaired) electrons. The third-order valence-electron chi connectivity index (χ3n) is 14.8. The molecule has 9 nitrogen and oxygen atoms in total. The first kappa shape index (κ1) is 78.2. The van der Waals surface area contributed by atoms with Crippen LogP contribution >= 0.6 is 7.82 Å². The van der Waals surface area contributed by atoms with Crippen LogP contribution in [-0.2, 0) is 27.9 Å². The van der Waals surface area contributed by atoms with Gasteiger partial charge in [0.25, 0.3) is 0 Å². The van der Waals surface area contributed by atoms with Crippen LogP contribution in [0.25, 0.3) is 0 Å². The van der Waals surface area contributed by atoms with Crippen molar-refractivity contribution in [1.82, 2.24) is 5.32 Å². The number of carbonyl (C=O) groups excluding carboxylic acids is 2. The van der Waals surface area contributed by atoms with Gasteiger partial charge in [0.15, 0.2) is 0 Å². The monoisotopic (exact) mass is 1150 g/mol. The number of esters is 1. The highest BCUT2D eigenvalue weighted by Crippen LogP contribution is 2.43. The van der Waals surface area contributed by atoms with Gasteiger partial charge in [0.2, 0.25) is 5.91 Å². The molecule has 0 aliphatic rings. The molecule has 0 bridgehead atoms. The van der Waals surface area contributed by atoms with Crippen molar-refractivity contribution in [2.45, 2.75) is 315 Å². The summed E-state index contributed by atoms with van der Waals surface area (Å²) in [5, 5.41) is 3.06. The minimum atomic E-state index is -4.46. The average Bonchev–Trinajstić information content (AvgIpc) is 3.44. The maximum atomic E-state index is 13.6. The zero-order chi connectivity index (χ0) is 59.3. The van der Waals surface area contributed by atoms with Gasteiger partial charge in [-0.15, -0.1) is 0 Å². The van der Waals surface area contributed by atoms with Crippen LogP contribution in [0.4, 0.5) is 0 Å². The number of amides is 1. The van der Waals surface area contributed by atoms with Gasteiger partial charge in [-0.2, -0.15) is 0 Å². The number of allylic oxidation sites excluding steroid dienone is 13. The van der Waals surface area contributed by atoms with Gasteiger partial charge in [-0.25, -0.2) is 4.57 Å². The Labute approximate surface area is 501 Å². The van der Waals surface area contributed by atoms with Gasteiger partial charge in [-0.3, -0.25) is 18.6 Å². The summed E-state index contributed by atoms with van der Waals surface area (Å²) in [4.78, 5) is 37.8. The molecule has 0 rings (SSSR count). The molecule has 0 aromatic carbocycles. The number of hydrogen-bond donors (Lipinski definition) is 2. The molecule has 10 heteroatoms. The number of carbonyl (C=O) groups is 2. The summed E-state index contributed by atoms with van der Waals surface area (Å²) < 4.78 is 30.8. The first-order valence-electron chi connectivity index (χ1n) is 33.9. The van der Waals surface area contributed by atoms with Crippen LogP contribution in [0, 0.1) is 0 Å². The Kier molecular flexibility index (Phi) is 58.2. The lowest BCUT2D eigenvalue weighted by atomic mass is 10.0. The highest BCUT2D eigenvalue weighted by molar-refractivity contribution is 7.47. The SMILES string of the molecule is CCCCC/C=C\C/C=C\C/C=C\CCCCCCCCCCCCC(=O)OC(/C=C/CCCCCCCCCCC)C(COP(=O)(O)OCC[N+](C)(C)C)NC(=O)CCCCCCCCCC/C=C\C/C=C\C/C=C\CCCCC. The van der Waals surface area contributed by atoms with Gasteiger partial charge >= 0.3 is 13.8 Å². The van der Waals surface area contributed by atoms with Crippen molar-refractivity contribution >= 4 is 19.7 Å². The fourth-order valence-corrected chi connectivity index (χ4v) is 10.3. The van der Waals surface area contributed by atoms with E-state index >= 15 is 0 Å². The molecule has 1 amide bonds. The lowest BCUT2D eigenvalue weighted by molar-refractivity contribution is -0.870. The van der Waals surface area contributed by atoms with Gasteiger partial charge in [0, 0.05) is 12.8 Å². The number of unbranched alkanes of at least 4 members (excludes halogenated alkanes) is 33. The molecule has 0 saturated carbocycles. The van der Waals surface area contributed by atoms with Crippen LogP contribution in [0.5, 0.6) is 0 Å². The van der Waals surface area contributed by atoms with E-state index in [1.54, 1.807) is 0 Å². The Bertz CT molecular complexity index is 1660. The summed E-state index contributed by atoms with van der Waals surface area (Å²) in [7, 11) is 1.48. The minimum absolute atomic E-state index is 0.0351. The van der Waals surface area contributed by atoms with Crippen molar-refractivity contribution in [2.75, 3.05) is 40.9 Å². The predicted molar refractivity (Wildman–Crippen MR) is 351 cm³/mol. The smallest absolute Gasteiger partial charge is 0.456 e. The van der Waals surface area contributed by atoms with E-state index in [4.69, 9.17) is 13.8 Å². The highest BCUT2D eigenvalue weighted by atomic mass is 31.2. The second kappa shape index (κ2) is 60.3. The molecule has 0 aromatic rings. The third kappa shape index (κ3) is 61.6. The maximum Gasteiger partial charge on any atom is 0.472 e. The molecule has 0 heterocycles. The number of likely N-dealkylation sites (N-methyl/N-ethyl adjacent to an activating group) is 1. The maximum absolute atomic E-state index is 13.6. The lowest BCUT2D eigenvalue weighted by Gasteiger charge is -2.27. The van der Waals surface area contributed by atoms with Crippen LogP contribution in [-0.4, -0.2) is 74.3 Å². The van der Waals surface area contributed by atoms with Gasteiger partial charge < -0.3 is 19.4 Å². The average molecular weight is 1150 g/mol. The summed E-state index contributed by atoms with van der Waals surface area (Å²) in [5.74, 6) is -0.515. The Balaban J connectivity index is 5.12. The van der Waals surface area contributed by atoms with Gasteiger partial charge in [0.05, 0.1) is 33.8 Å². The number of ether oxygens (including phenoxy) is 1. The van der Waals surface area contributed by atoms with E-state index in [1.807, 2.05) is 33.3 Å². The Morgan fingerprint density at radius 1 is 0.432 bits per heavy atom. The molecule has 3 unspecified atom stereocenters. The molecule has 0 aromatic heterocycles. The molecule has 0 fully saturated rings. The molecule has 470 valence electrons. The first-order chi connectivity index (χ1) is 39.4.